The lowest BCUT2D eigenvalue weighted by Crippen LogP contribution is -2.11. The highest BCUT2D eigenvalue weighted by Gasteiger charge is 2.60. The van der Waals surface area contributed by atoms with E-state index in [1.54, 1.807) is 0 Å². The van der Waals surface area contributed by atoms with E-state index in [2.05, 4.69) is 4.74 Å². The first-order chi connectivity index (χ1) is 7.15. The normalized spacial score (nSPS) is 25.3. The molecule has 0 spiro atoms. The molecule has 0 aliphatic carbocycles. The van der Waals surface area contributed by atoms with Crippen LogP contribution in [0.4, 0.5) is 0 Å². The van der Waals surface area contributed by atoms with Crippen molar-refractivity contribution in [2.75, 3.05) is 0 Å². The van der Waals surface area contributed by atoms with E-state index < -0.39 is 11.0 Å². The number of carbonyl (C=O) groups is 2. The summed E-state index contributed by atoms with van der Waals surface area (Å²) in [5.74, 6) is -0.577. The second kappa shape index (κ2) is 4.59. The zero-order valence-electron chi connectivity index (χ0n) is 9.17. The van der Waals surface area contributed by atoms with E-state index in [1.165, 1.54) is 17.8 Å². The van der Waals surface area contributed by atoms with Crippen molar-refractivity contribution in [2.45, 2.75) is 37.0 Å². The van der Waals surface area contributed by atoms with Crippen molar-refractivity contribution in [1.29, 1.82) is 0 Å². The van der Waals surface area contributed by atoms with Crippen LogP contribution in [0.3, 0.4) is 0 Å². The SMILES string of the molecule is CC(C)(C)SC(=O)CC=C(Cl)[C@@]1(Cl)OC1=O. The van der Waals surface area contributed by atoms with E-state index in [0.29, 0.717) is 0 Å². The van der Waals surface area contributed by atoms with Crippen LogP contribution in [0.15, 0.2) is 11.1 Å². The van der Waals surface area contributed by atoms with Gasteiger partial charge in [-0.1, -0.05) is 61.8 Å². The highest BCUT2D eigenvalue weighted by molar-refractivity contribution is 8.14. The number of ether oxygens (including phenoxy) is 1. The quantitative estimate of drug-likeness (QED) is 0.590. The second-order valence-corrected chi connectivity index (χ2v) is 7.15. The number of cyclic esters (lactones) is 1. The van der Waals surface area contributed by atoms with Gasteiger partial charge in [0.25, 0.3) is 0 Å². The number of hydrogen-bond acceptors (Lipinski definition) is 4. The van der Waals surface area contributed by atoms with Crippen LogP contribution in [0.5, 0.6) is 0 Å². The molecule has 0 aromatic carbocycles. The largest absolute Gasteiger partial charge is 0.422 e. The van der Waals surface area contributed by atoms with E-state index >= 15 is 0 Å². The highest BCUT2D eigenvalue weighted by Crippen LogP contribution is 2.43. The summed E-state index contributed by atoms with van der Waals surface area (Å²) in [6, 6.07) is 0. The van der Waals surface area contributed by atoms with Crippen LogP contribution in [0.2, 0.25) is 0 Å². The summed E-state index contributed by atoms with van der Waals surface area (Å²) >= 11 is 12.6. The Hall–Kier alpha value is -0.190. The Kier molecular flexibility index (Phi) is 3.98. The Labute approximate surface area is 108 Å². The minimum atomic E-state index is -1.52. The van der Waals surface area contributed by atoms with Gasteiger partial charge in [-0.3, -0.25) is 4.79 Å². The van der Waals surface area contributed by atoms with Crippen molar-refractivity contribution >= 4 is 46.0 Å². The van der Waals surface area contributed by atoms with Crippen LogP contribution in [0.1, 0.15) is 27.2 Å². The van der Waals surface area contributed by atoms with Gasteiger partial charge in [0.15, 0.2) is 5.12 Å². The molecular weight excluding hydrogens is 271 g/mol. The Morgan fingerprint density at radius 1 is 1.56 bits per heavy atom. The fourth-order valence-corrected chi connectivity index (χ4v) is 2.13. The summed E-state index contributed by atoms with van der Waals surface area (Å²) < 4.78 is 4.37. The average Bonchev–Trinajstić information content (AvgIpc) is 2.69. The van der Waals surface area contributed by atoms with Gasteiger partial charge in [0.1, 0.15) is 0 Å². The van der Waals surface area contributed by atoms with Gasteiger partial charge in [0.2, 0.25) is 0 Å². The molecule has 90 valence electrons. The molecule has 0 N–H and O–H groups in total. The van der Waals surface area contributed by atoms with Gasteiger partial charge in [0, 0.05) is 11.2 Å². The van der Waals surface area contributed by atoms with E-state index in [9.17, 15) is 9.59 Å². The number of epoxide rings is 1. The standard InChI is InChI=1S/C10H12Cl2O3S/c1-9(2,3)16-7(13)5-4-6(11)10(12)8(14)15-10/h4H,5H2,1-3H3/t10-/m1/s1. The minimum Gasteiger partial charge on any atom is -0.422 e. The first-order valence-electron chi connectivity index (χ1n) is 4.65. The van der Waals surface area contributed by atoms with Crippen molar-refractivity contribution in [2.24, 2.45) is 0 Å². The molecule has 0 saturated carbocycles. The number of rotatable bonds is 3. The number of hydrogen-bond donors (Lipinski definition) is 0. The van der Waals surface area contributed by atoms with E-state index in [1.807, 2.05) is 20.8 Å². The number of alkyl halides is 1. The lowest BCUT2D eigenvalue weighted by Gasteiger charge is -2.15. The average molecular weight is 283 g/mol. The Bertz CT molecular complexity index is 360. The summed E-state index contributed by atoms with van der Waals surface area (Å²) in [5.41, 5.74) is 0. The summed E-state index contributed by atoms with van der Waals surface area (Å²) in [6.45, 7) is 5.83. The van der Waals surface area contributed by atoms with Crippen LogP contribution in [-0.2, 0) is 14.3 Å². The molecule has 0 aromatic rings. The Morgan fingerprint density at radius 3 is 2.44 bits per heavy atom. The van der Waals surface area contributed by atoms with Gasteiger partial charge in [-0.25, -0.2) is 4.79 Å². The molecule has 6 heteroatoms. The molecule has 0 radical (unpaired) electrons. The molecule has 1 saturated heterocycles. The van der Waals surface area contributed by atoms with Crippen molar-refractivity contribution in [3.05, 3.63) is 11.1 Å². The number of allylic oxidation sites excluding steroid dienone is 1. The maximum Gasteiger partial charge on any atom is 0.375 e. The molecule has 0 bridgehead atoms. The summed E-state index contributed by atoms with van der Waals surface area (Å²) in [5, 5.41) is -1.49. The van der Waals surface area contributed by atoms with Crippen LogP contribution < -0.4 is 0 Å². The minimum absolute atomic E-state index is 0.0287. The van der Waals surface area contributed by atoms with Gasteiger partial charge < -0.3 is 4.74 Å². The zero-order valence-corrected chi connectivity index (χ0v) is 11.5. The smallest absolute Gasteiger partial charge is 0.375 e. The molecule has 0 aromatic heterocycles. The first-order valence-corrected chi connectivity index (χ1v) is 6.23. The van der Waals surface area contributed by atoms with Crippen LogP contribution in [0.25, 0.3) is 0 Å². The monoisotopic (exact) mass is 282 g/mol. The molecule has 0 amide bonds. The molecule has 0 unspecified atom stereocenters. The highest BCUT2D eigenvalue weighted by atomic mass is 35.5. The molecule has 3 nitrogen and oxygen atoms in total. The van der Waals surface area contributed by atoms with E-state index in [4.69, 9.17) is 23.2 Å². The molecule has 16 heavy (non-hydrogen) atoms. The van der Waals surface area contributed by atoms with Gasteiger partial charge >= 0.3 is 11.0 Å². The van der Waals surface area contributed by atoms with Gasteiger partial charge in [-0.15, -0.1) is 0 Å². The number of halogens is 2. The third kappa shape index (κ3) is 3.68. The summed E-state index contributed by atoms with van der Waals surface area (Å²) in [7, 11) is 0. The van der Waals surface area contributed by atoms with Gasteiger partial charge in [-0.05, 0) is 0 Å². The first kappa shape index (κ1) is 13.9. The third-order valence-electron chi connectivity index (χ3n) is 1.63. The fourth-order valence-electron chi connectivity index (χ4n) is 0.936. The van der Waals surface area contributed by atoms with Crippen molar-refractivity contribution < 1.29 is 14.3 Å². The molecule has 1 atom stereocenters. The summed E-state index contributed by atoms with van der Waals surface area (Å²) in [6.07, 6.45) is 1.55. The number of thioether (sulfide) groups is 1. The van der Waals surface area contributed by atoms with Crippen molar-refractivity contribution in [3.8, 4) is 0 Å². The summed E-state index contributed by atoms with van der Waals surface area (Å²) in [4.78, 5) is 22.2. The zero-order chi connectivity index (χ0) is 12.6. The lowest BCUT2D eigenvalue weighted by atomic mass is 10.3. The lowest BCUT2D eigenvalue weighted by molar-refractivity contribution is -0.117. The third-order valence-corrected chi connectivity index (χ3v) is 3.59. The maximum absolute atomic E-state index is 11.5. The van der Waals surface area contributed by atoms with Gasteiger partial charge in [-0.2, -0.15) is 0 Å². The number of carbonyl (C=O) groups excluding carboxylic acids is 2. The van der Waals surface area contributed by atoms with Crippen molar-refractivity contribution in [1.82, 2.24) is 0 Å². The topological polar surface area (TPSA) is 46.7 Å². The van der Waals surface area contributed by atoms with Crippen LogP contribution in [-0.4, -0.2) is 20.9 Å². The maximum atomic E-state index is 11.5. The van der Waals surface area contributed by atoms with E-state index in [-0.39, 0.29) is 21.3 Å². The van der Waals surface area contributed by atoms with Crippen LogP contribution in [0, 0.1) is 0 Å². The predicted octanol–water partition coefficient (Wildman–Crippen LogP) is 3.05. The molecule has 1 heterocycles. The molecular formula is C10H12Cl2O3S. The van der Waals surface area contributed by atoms with Gasteiger partial charge in [0.05, 0.1) is 5.03 Å². The molecule has 1 rings (SSSR count). The Balaban J connectivity index is 2.48. The predicted molar refractivity (Wildman–Crippen MR) is 65.6 cm³/mol. The molecule has 1 aliphatic heterocycles. The molecule has 1 fully saturated rings. The second-order valence-electron chi connectivity index (χ2n) is 4.33. The van der Waals surface area contributed by atoms with Crippen molar-refractivity contribution in [3.63, 3.8) is 0 Å². The fraction of sp³-hybridized carbons (Fsp3) is 0.600. The van der Waals surface area contributed by atoms with Crippen LogP contribution >= 0.6 is 35.0 Å². The van der Waals surface area contributed by atoms with E-state index in [0.717, 1.165) is 0 Å². The molecule has 1 aliphatic rings. The Morgan fingerprint density at radius 2 is 2.06 bits per heavy atom.